The van der Waals surface area contributed by atoms with Gasteiger partial charge in [-0.05, 0) is 45.2 Å². The molecule has 0 radical (unpaired) electrons. The topological polar surface area (TPSA) is 24.5 Å². The van der Waals surface area contributed by atoms with Crippen molar-refractivity contribution in [1.29, 1.82) is 0 Å². The van der Waals surface area contributed by atoms with Crippen LogP contribution in [0.2, 0.25) is 0 Å². The van der Waals surface area contributed by atoms with E-state index in [0.717, 1.165) is 25.7 Å². The molecule has 1 saturated heterocycles. The Balaban J connectivity index is 1.88. The summed E-state index contributed by atoms with van der Waals surface area (Å²) in [5, 5.41) is 3.78. The van der Waals surface area contributed by atoms with Gasteiger partial charge in [0.25, 0.3) is 0 Å². The molecule has 3 nitrogen and oxygen atoms in total. The van der Waals surface area contributed by atoms with E-state index in [1.54, 1.807) is 0 Å². The number of hydrogen-bond donors (Lipinski definition) is 1. The highest BCUT2D eigenvalue weighted by Gasteiger charge is 2.31. The molecule has 112 valence electrons. The predicted octanol–water partition coefficient (Wildman–Crippen LogP) is 2.80. The lowest BCUT2D eigenvalue weighted by atomic mass is 9.88. The Labute approximate surface area is 119 Å². The molecule has 3 heteroatoms. The maximum atomic E-state index is 5.83. The van der Waals surface area contributed by atoms with Gasteiger partial charge in [0.1, 0.15) is 0 Å². The van der Waals surface area contributed by atoms with Crippen molar-refractivity contribution in [2.24, 2.45) is 0 Å². The fourth-order valence-corrected chi connectivity index (χ4v) is 3.67. The summed E-state index contributed by atoms with van der Waals surface area (Å²) in [5.74, 6) is 0. The Kier molecular flexibility index (Phi) is 6.62. The fourth-order valence-electron chi connectivity index (χ4n) is 3.67. The Bertz CT molecular complexity index is 241. The van der Waals surface area contributed by atoms with E-state index in [4.69, 9.17) is 4.74 Å². The molecule has 19 heavy (non-hydrogen) atoms. The molecule has 0 aromatic rings. The average Bonchev–Trinajstić information content (AvgIpc) is 2.96. The minimum absolute atomic E-state index is 0.494. The van der Waals surface area contributed by atoms with Crippen LogP contribution in [0.15, 0.2) is 0 Å². The normalized spacial score (nSPS) is 32.1. The molecule has 1 heterocycles. The van der Waals surface area contributed by atoms with Gasteiger partial charge >= 0.3 is 0 Å². The standard InChI is InChI=1S/C16H32N2O/c1-3-11-17-15-9-5-6-10-16(15)18(4-2)13-14-8-7-12-19-14/h14-17H,3-13H2,1-2H3. The van der Waals surface area contributed by atoms with Crippen LogP contribution in [0.25, 0.3) is 0 Å². The number of nitrogens with zero attached hydrogens (tertiary/aromatic N) is 1. The summed E-state index contributed by atoms with van der Waals surface area (Å²) >= 11 is 0. The summed E-state index contributed by atoms with van der Waals surface area (Å²) in [7, 11) is 0. The molecule has 1 N–H and O–H groups in total. The van der Waals surface area contributed by atoms with Crippen molar-refractivity contribution in [3.05, 3.63) is 0 Å². The molecule has 2 rings (SSSR count). The molecule has 0 bridgehead atoms. The van der Waals surface area contributed by atoms with Crippen LogP contribution in [0.4, 0.5) is 0 Å². The SMILES string of the molecule is CCCNC1CCCCC1N(CC)CC1CCCO1. The Hall–Kier alpha value is -0.120. The number of ether oxygens (including phenoxy) is 1. The second kappa shape index (κ2) is 8.23. The average molecular weight is 268 g/mol. The maximum absolute atomic E-state index is 5.83. The van der Waals surface area contributed by atoms with E-state index in [-0.39, 0.29) is 0 Å². The summed E-state index contributed by atoms with van der Waals surface area (Å²) in [4.78, 5) is 2.68. The highest BCUT2D eigenvalue weighted by Crippen LogP contribution is 2.25. The largest absolute Gasteiger partial charge is 0.377 e. The van der Waals surface area contributed by atoms with Gasteiger partial charge in [-0.1, -0.05) is 26.7 Å². The molecular formula is C16H32N2O. The van der Waals surface area contributed by atoms with E-state index in [1.807, 2.05) is 0 Å². The smallest absolute Gasteiger partial charge is 0.0702 e. The summed E-state index contributed by atoms with van der Waals surface area (Å²) < 4.78 is 5.83. The first-order valence-electron chi connectivity index (χ1n) is 8.44. The van der Waals surface area contributed by atoms with Crippen LogP contribution in [0.5, 0.6) is 0 Å². The van der Waals surface area contributed by atoms with Gasteiger partial charge in [-0.2, -0.15) is 0 Å². The highest BCUT2D eigenvalue weighted by molar-refractivity contribution is 4.89. The first-order valence-corrected chi connectivity index (χ1v) is 8.44. The van der Waals surface area contributed by atoms with Gasteiger partial charge in [0, 0.05) is 25.2 Å². The molecule has 1 saturated carbocycles. The van der Waals surface area contributed by atoms with Gasteiger partial charge in [0.2, 0.25) is 0 Å². The molecule has 2 fully saturated rings. The Morgan fingerprint density at radius 3 is 2.63 bits per heavy atom. The monoisotopic (exact) mass is 268 g/mol. The first-order chi connectivity index (χ1) is 9.35. The lowest BCUT2D eigenvalue weighted by Gasteiger charge is -2.41. The van der Waals surface area contributed by atoms with Crippen molar-refractivity contribution in [2.75, 3.05) is 26.2 Å². The van der Waals surface area contributed by atoms with Gasteiger partial charge in [-0.15, -0.1) is 0 Å². The van der Waals surface area contributed by atoms with Gasteiger partial charge in [0.05, 0.1) is 6.10 Å². The summed E-state index contributed by atoms with van der Waals surface area (Å²) in [6.45, 7) is 9.01. The lowest BCUT2D eigenvalue weighted by Crippen LogP contribution is -2.53. The van der Waals surface area contributed by atoms with Gasteiger partial charge in [-0.25, -0.2) is 0 Å². The van der Waals surface area contributed by atoms with E-state index >= 15 is 0 Å². The number of likely N-dealkylation sites (N-methyl/N-ethyl adjacent to an activating group) is 1. The van der Waals surface area contributed by atoms with Crippen molar-refractivity contribution >= 4 is 0 Å². The van der Waals surface area contributed by atoms with E-state index in [9.17, 15) is 0 Å². The van der Waals surface area contributed by atoms with Crippen LogP contribution in [0.1, 0.15) is 58.8 Å². The zero-order chi connectivity index (χ0) is 13.5. The van der Waals surface area contributed by atoms with E-state index in [1.165, 1.54) is 51.5 Å². The van der Waals surface area contributed by atoms with Crippen LogP contribution in [-0.4, -0.2) is 49.3 Å². The van der Waals surface area contributed by atoms with Crippen molar-refractivity contribution in [2.45, 2.75) is 77.0 Å². The molecule has 2 aliphatic rings. The third-order valence-electron chi connectivity index (χ3n) is 4.72. The summed E-state index contributed by atoms with van der Waals surface area (Å²) in [5.41, 5.74) is 0. The third kappa shape index (κ3) is 4.44. The van der Waals surface area contributed by atoms with Gasteiger partial charge in [0.15, 0.2) is 0 Å². The zero-order valence-electron chi connectivity index (χ0n) is 12.9. The zero-order valence-corrected chi connectivity index (χ0v) is 12.9. The molecule has 0 amide bonds. The molecule has 3 unspecified atom stereocenters. The maximum Gasteiger partial charge on any atom is 0.0702 e. The van der Waals surface area contributed by atoms with Gasteiger partial charge in [-0.3, -0.25) is 4.90 Å². The predicted molar refractivity (Wildman–Crippen MR) is 80.6 cm³/mol. The van der Waals surface area contributed by atoms with Crippen LogP contribution >= 0.6 is 0 Å². The minimum Gasteiger partial charge on any atom is -0.377 e. The Morgan fingerprint density at radius 1 is 1.11 bits per heavy atom. The van der Waals surface area contributed by atoms with Crippen LogP contribution in [0.3, 0.4) is 0 Å². The molecule has 1 aliphatic carbocycles. The number of hydrogen-bond acceptors (Lipinski definition) is 3. The first kappa shape index (κ1) is 15.3. The van der Waals surface area contributed by atoms with Crippen molar-refractivity contribution in [1.82, 2.24) is 10.2 Å². The number of rotatable bonds is 7. The van der Waals surface area contributed by atoms with Crippen molar-refractivity contribution in [3.8, 4) is 0 Å². The molecule has 0 aromatic carbocycles. The van der Waals surface area contributed by atoms with E-state index in [2.05, 4.69) is 24.1 Å². The third-order valence-corrected chi connectivity index (χ3v) is 4.72. The van der Waals surface area contributed by atoms with E-state index < -0.39 is 0 Å². The van der Waals surface area contributed by atoms with Crippen molar-refractivity contribution < 1.29 is 4.74 Å². The minimum atomic E-state index is 0.494. The quantitative estimate of drug-likeness (QED) is 0.768. The highest BCUT2D eigenvalue weighted by atomic mass is 16.5. The van der Waals surface area contributed by atoms with Crippen molar-refractivity contribution in [3.63, 3.8) is 0 Å². The van der Waals surface area contributed by atoms with Crippen LogP contribution in [0, 0.1) is 0 Å². The molecule has 1 aliphatic heterocycles. The summed E-state index contributed by atoms with van der Waals surface area (Å²) in [6.07, 6.45) is 9.76. The molecule has 0 aromatic heterocycles. The second-order valence-corrected chi connectivity index (χ2v) is 6.14. The molecular weight excluding hydrogens is 236 g/mol. The summed E-state index contributed by atoms with van der Waals surface area (Å²) in [6, 6.07) is 1.43. The van der Waals surface area contributed by atoms with Crippen LogP contribution < -0.4 is 5.32 Å². The Morgan fingerprint density at radius 2 is 1.95 bits per heavy atom. The van der Waals surface area contributed by atoms with Crippen LogP contribution in [-0.2, 0) is 4.74 Å². The molecule has 0 spiro atoms. The second-order valence-electron chi connectivity index (χ2n) is 6.14. The number of nitrogens with one attached hydrogen (secondary N) is 1. The van der Waals surface area contributed by atoms with E-state index in [0.29, 0.717) is 12.1 Å². The van der Waals surface area contributed by atoms with Gasteiger partial charge < -0.3 is 10.1 Å². The molecule has 3 atom stereocenters. The fraction of sp³-hybridized carbons (Fsp3) is 1.00. The lowest BCUT2D eigenvalue weighted by molar-refractivity contribution is 0.0416.